The smallest absolute Gasteiger partial charge is 0.410 e. The monoisotopic (exact) mass is 528 g/mol. The fourth-order valence-corrected chi connectivity index (χ4v) is 6.39. The number of carbonyl (C=O) groups excluding carboxylic acids is 1. The van der Waals surface area contributed by atoms with E-state index in [9.17, 15) is 9.90 Å². The number of benzene rings is 3. The van der Waals surface area contributed by atoms with Crippen LogP contribution in [0.5, 0.6) is 5.75 Å². The Morgan fingerprint density at radius 2 is 1.54 bits per heavy atom. The molecular formula is C32H36N2O5. The number of morpholine rings is 1. The molecular weight excluding hydrogens is 492 g/mol. The van der Waals surface area contributed by atoms with Crippen molar-refractivity contribution >= 4 is 6.09 Å². The van der Waals surface area contributed by atoms with Gasteiger partial charge < -0.3 is 24.2 Å². The van der Waals surface area contributed by atoms with Gasteiger partial charge in [0.2, 0.25) is 0 Å². The Labute approximate surface area is 229 Å². The van der Waals surface area contributed by atoms with Crippen molar-refractivity contribution in [3.8, 4) is 16.9 Å². The van der Waals surface area contributed by atoms with Gasteiger partial charge in [0.1, 0.15) is 19.0 Å². The second-order valence-electron chi connectivity index (χ2n) is 11.2. The first kappa shape index (κ1) is 25.9. The van der Waals surface area contributed by atoms with Crippen LogP contribution in [-0.4, -0.2) is 80.2 Å². The van der Waals surface area contributed by atoms with Crippen LogP contribution >= 0.6 is 0 Å². The highest BCUT2D eigenvalue weighted by Gasteiger charge is 2.49. The van der Waals surface area contributed by atoms with Crippen molar-refractivity contribution in [2.24, 2.45) is 0 Å². The van der Waals surface area contributed by atoms with Crippen LogP contribution in [0.3, 0.4) is 0 Å². The number of hydrogen-bond acceptors (Lipinski definition) is 6. The SMILES string of the molecule is CN(C)CCOc1ccc(C2(O)CC3COCC(C2)N3C(=O)OCC2c3ccccc3-c3ccccc32)cc1. The van der Waals surface area contributed by atoms with E-state index < -0.39 is 5.60 Å². The van der Waals surface area contributed by atoms with Crippen LogP contribution in [0, 0.1) is 0 Å². The number of carbonyl (C=O) groups is 1. The first-order chi connectivity index (χ1) is 18.9. The molecule has 6 rings (SSSR count). The topological polar surface area (TPSA) is 71.5 Å². The summed E-state index contributed by atoms with van der Waals surface area (Å²) in [6.07, 6.45) is 0.463. The molecule has 1 N–H and O–H groups in total. The third-order valence-electron chi connectivity index (χ3n) is 8.30. The molecule has 1 aliphatic carbocycles. The van der Waals surface area contributed by atoms with Crippen molar-refractivity contribution in [3.05, 3.63) is 89.5 Å². The van der Waals surface area contributed by atoms with Crippen LogP contribution in [0.4, 0.5) is 4.79 Å². The molecule has 3 aromatic rings. The number of ether oxygens (including phenoxy) is 3. The lowest BCUT2D eigenvalue weighted by atomic mass is 9.77. The molecule has 2 bridgehead atoms. The standard InChI is InChI=1S/C32H36N2O5/c1-33(2)15-16-38-25-13-11-22(12-14-25)32(36)17-23-19-37-20-24(18-32)34(23)31(35)39-21-30-28-9-5-3-7-26(28)27-8-4-6-10-29(27)30/h3-14,23-24,30,36H,15-21H2,1-2H3. The zero-order valence-electron chi connectivity index (χ0n) is 22.6. The Kier molecular flexibility index (Phi) is 7.06. The van der Waals surface area contributed by atoms with E-state index in [1.807, 2.05) is 67.5 Å². The highest BCUT2D eigenvalue weighted by atomic mass is 16.6. The molecule has 2 fully saturated rings. The predicted molar refractivity (Wildman–Crippen MR) is 149 cm³/mol. The van der Waals surface area contributed by atoms with E-state index in [1.165, 1.54) is 22.3 Å². The van der Waals surface area contributed by atoms with Crippen molar-refractivity contribution in [3.63, 3.8) is 0 Å². The number of amides is 1. The third-order valence-corrected chi connectivity index (χ3v) is 8.30. The Hall–Kier alpha value is -3.39. The van der Waals surface area contributed by atoms with E-state index in [0.717, 1.165) is 17.9 Å². The molecule has 3 aliphatic rings. The number of nitrogens with zero attached hydrogens (tertiary/aromatic N) is 2. The van der Waals surface area contributed by atoms with Gasteiger partial charge in [-0.3, -0.25) is 4.90 Å². The van der Waals surface area contributed by atoms with Gasteiger partial charge in [-0.15, -0.1) is 0 Å². The molecule has 1 amide bonds. The normalized spacial score (nSPS) is 23.8. The predicted octanol–water partition coefficient (Wildman–Crippen LogP) is 4.63. The summed E-state index contributed by atoms with van der Waals surface area (Å²) in [5, 5.41) is 11.7. The molecule has 204 valence electrons. The Bertz CT molecular complexity index is 1260. The molecule has 7 nitrogen and oxygen atoms in total. The minimum absolute atomic E-state index is 0.0117. The van der Waals surface area contributed by atoms with Gasteiger partial charge in [-0.1, -0.05) is 60.7 Å². The molecule has 0 saturated carbocycles. The molecule has 2 saturated heterocycles. The zero-order chi connectivity index (χ0) is 27.0. The number of hydrogen-bond donors (Lipinski definition) is 1. The average Bonchev–Trinajstić information content (AvgIpc) is 3.25. The van der Waals surface area contributed by atoms with Crippen molar-refractivity contribution in [1.82, 2.24) is 9.80 Å². The summed E-state index contributed by atoms with van der Waals surface area (Å²) >= 11 is 0. The van der Waals surface area contributed by atoms with Crippen molar-refractivity contribution in [2.45, 2.75) is 36.4 Å². The van der Waals surface area contributed by atoms with E-state index in [-0.39, 0.29) is 30.7 Å². The summed E-state index contributed by atoms with van der Waals surface area (Å²) < 4.78 is 17.6. The zero-order valence-corrected chi connectivity index (χ0v) is 22.6. The molecule has 2 heterocycles. The highest BCUT2D eigenvalue weighted by Crippen LogP contribution is 2.45. The summed E-state index contributed by atoms with van der Waals surface area (Å²) in [4.78, 5) is 17.4. The van der Waals surface area contributed by atoms with Crippen LogP contribution in [0.15, 0.2) is 72.8 Å². The average molecular weight is 529 g/mol. The van der Waals surface area contributed by atoms with Crippen molar-refractivity contribution in [1.29, 1.82) is 0 Å². The number of piperidine rings is 1. The second-order valence-corrected chi connectivity index (χ2v) is 11.2. The van der Waals surface area contributed by atoms with Crippen LogP contribution < -0.4 is 4.74 Å². The fraction of sp³-hybridized carbons (Fsp3) is 0.406. The van der Waals surface area contributed by atoms with Gasteiger partial charge in [0.15, 0.2) is 0 Å². The van der Waals surface area contributed by atoms with Crippen molar-refractivity contribution < 1.29 is 24.1 Å². The van der Waals surface area contributed by atoms with Crippen molar-refractivity contribution in [2.75, 3.05) is 47.1 Å². The van der Waals surface area contributed by atoms with Crippen LogP contribution in [0.2, 0.25) is 0 Å². The Morgan fingerprint density at radius 1 is 0.949 bits per heavy atom. The van der Waals surface area contributed by atoms with Gasteiger partial charge >= 0.3 is 6.09 Å². The van der Waals surface area contributed by atoms with Gasteiger partial charge in [0.25, 0.3) is 0 Å². The lowest BCUT2D eigenvalue weighted by Gasteiger charge is -2.51. The van der Waals surface area contributed by atoms with E-state index in [2.05, 4.69) is 29.2 Å². The first-order valence-corrected chi connectivity index (χ1v) is 13.7. The lowest BCUT2D eigenvalue weighted by molar-refractivity contribution is -0.136. The number of rotatable bonds is 7. The molecule has 2 atom stereocenters. The highest BCUT2D eigenvalue weighted by molar-refractivity contribution is 5.79. The third kappa shape index (κ3) is 5.02. The molecule has 39 heavy (non-hydrogen) atoms. The molecule has 7 heteroatoms. The molecule has 3 aromatic carbocycles. The van der Waals surface area contributed by atoms with Crippen LogP contribution in [-0.2, 0) is 15.1 Å². The molecule has 0 radical (unpaired) electrons. The van der Waals surface area contributed by atoms with E-state index in [4.69, 9.17) is 14.2 Å². The number of fused-ring (bicyclic) bond motifs is 5. The Balaban J connectivity index is 1.13. The molecule has 0 aromatic heterocycles. The van der Waals surface area contributed by atoms with Gasteiger partial charge in [0, 0.05) is 25.3 Å². The molecule has 2 aliphatic heterocycles. The quantitative estimate of drug-likeness (QED) is 0.482. The van der Waals surface area contributed by atoms with Gasteiger partial charge in [0.05, 0.1) is 30.9 Å². The first-order valence-electron chi connectivity index (χ1n) is 13.7. The van der Waals surface area contributed by atoms with Gasteiger partial charge in [-0.05, 0) is 54.0 Å². The maximum absolute atomic E-state index is 13.5. The minimum atomic E-state index is -1.04. The summed E-state index contributed by atoms with van der Waals surface area (Å²) in [5.74, 6) is 0.793. The summed E-state index contributed by atoms with van der Waals surface area (Å²) in [6.45, 7) is 2.49. The summed E-state index contributed by atoms with van der Waals surface area (Å²) in [5.41, 5.74) is 4.59. The largest absolute Gasteiger partial charge is 0.492 e. The number of aliphatic hydroxyl groups is 1. The fourth-order valence-electron chi connectivity index (χ4n) is 6.39. The second kappa shape index (κ2) is 10.6. The lowest BCUT2D eigenvalue weighted by Crippen LogP contribution is -2.62. The number of likely N-dealkylation sites (N-methyl/N-ethyl adjacent to an activating group) is 1. The van der Waals surface area contributed by atoms with E-state index in [0.29, 0.717) is 32.7 Å². The maximum atomic E-state index is 13.5. The molecule has 2 unspecified atom stereocenters. The van der Waals surface area contributed by atoms with Crippen LogP contribution in [0.25, 0.3) is 11.1 Å². The minimum Gasteiger partial charge on any atom is -0.492 e. The van der Waals surface area contributed by atoms with E-state index in [1.54, 1.807) is 0 Å². The maximum Gasteiger partial charge on any atom is 0.410 e. The van der Waals surface area contributed by atoms with Gasteiger partial charge in [-0.2, -0.15) is 0 Å². The summed E-state index contributed by atoms with van der Waals surface area (Å²) in [6, 6.07) is 23.9. The van der Waals surface area contributed by atoms with Crippen LogP contribution in [0.1, 0.15) is 35.4 Å². The molecule has 0 spiro atoms. The Morgan fingerprint density at radius 3 is 2.13 bits per heavy atom. The summed E-state index contributed by atoms with van der Waals surface area (Å²) in [7, 11) is 4.02. The van der Waals surface area contributed by atoms with Gasteiger partial charge in [-0.25, -0.2) is 4.79 Å². The van der Waals surface area contributed by atoms with E-state index >= 15 is 0 Å².